The van der Waals surface area contributed by atoms with Gasteiger partial charge >= 0.3 is 0 Å². The Hall–Kier alpha value is -2.17. The molecule has 0 bridgehead atoms. The Kier molecular flexibility index (Phi) is 3.99. The van der Waals surface area contributed by atoms with Gasteiger partial charge in [0.1, 0.15) is 0 Å². The molecule has 3 rings (SSSR count). The Bertz CT molecular complexity index is 636. The minimum atomic E-state index is 0.0348. The van der Waals surface area contributed by atoms with E-state index in [1.165, 1.54) is 11.1 Å². The van der Waals surface area contributed by atoms with E-state index < -0.39 is 0 Å². The number of benzene rings is 1. The van der Waals surface area contributed by atoms with E-state index in [0.717, 1.165) is 19.3 Å². The minimum absolute atomic E-state index is 0.0348. The summed E-state index contributed by atoms with van der Waals surface area (Å²) in [5.41, 5.74) is 2.60. The summed E-state index contributed by atoms with van der Waals surface area (Å²) in [7, 11) is 0. The summed E-state index contributed by atoms with van der Waals surface area (Å²) in [4.78, 5) is 12.1. The maximum atomic E-state index is 12.1. The Balaban J connectivity index is 1.58. The quantitative estimate of drug-likeness (QED) is 0.937. The third kappa shape index (κ3) is 3.29. The van der Waals surface area contributed by atoms with Crippen molar-refractivity contribution in [3.63, 3.8) is 0 Å². The third-order valence-corrected chi connectivity index (χ3v) is 3.84. The van der Waals surface area contributed by atoms with Crippen LogP contribution in [0.4, 0.5) is 0 Å². The molecule has 1 amide bonds. The number of hydrogen-bond acceptors (Lipinski definition) is 4. The van der Waals surface area contributed by atoms with Crippen molar-refractivity contribution in [2.75, 3.05) is 0 Å². The largest absolute Gasteiger partial charge is 0.426 e. The standard InChI is InChI=1S/C16H19N3O2/c1-11-18-19-16(21-11)10-9-15(20)17-14-8-4-6-12-5-2-3-7-13(12)14/h2-3,5,7,14H,4,6,8-10H2,1H3,(H,17,20)/t14-/m1/s1. The lowest BCUT2D eigenvalue weighted by Crippen LogP contribution is -2.31. The molecule has 5 nitrogen and oxygen atoms in total. The van der Waals surface area contributed by atoms with Crippen molar-refractivity contribution in [3.8, 4) is 0 Å². The molecular weight excluding hydrogens is 266 g/mol. The van der Waals surface area contributed by atoms with Crippen LogP contribution in [0.15, 0.2) is 28.7 Å². The number of carbonyl (C=O) groups excluding carboxylic acids is 1. The molecule has 0 radical (unpaired) electrons. The Labute approximate surface area is 123 Å². The van der Waals surface area contributed by atoms with Gasteiger partial charge in [-0.2, -0.15) is 0 Å². The number of fused-ring (bicyclic) bond motifs is 1. The molecule has 21 heavy (non-hydrogen) atoms. The highest BCUT2D eigenvalue weighted by molar-refractivity contribution is 5.76. The van der Waals surface area contributed by atoms with Gasteiger partial charge in [-0.15, -0.1) is 10.2 Å². The zero-order valence-electron chi connectivity index (χ0n) is 12.1. The number of nitrogens with zero attached hydrogens (tertiary/aromatic N) is 2. The summed E-state index contributed by atoms with van der Waals surface area (Å²) in [6, 6.07) is 8.48. The fourth-order valence-corrected chi connectivity index (χ4v) is 2.83. The number of amides is 1. The fraction of sp³-hybridized carbons (Fsp3) is 0.438. The Morgan fingerprint density at radius 1 is 1.38 bits per heavy atom. The molecule has 0 aliphatic heterocycles. The van der Waals surface area contributed by atoms with Crippen molar-refractivity contribution in [3.05, 3.63) is 47.2 Å². The van der Waals surface area contributed by atoms with Crippen LogP contribution in [0, 0.1) is 6.92 Å². The summed E-state index contributed by atoms with van der Waals surface area (Å²) in [5, 5.41) is 10.8. The van der Waals surface area contributed by atoms with Gasteiger partial charge in [-0.1, -0.05) is 24.3 Å². The van der Waals surface area contributed by atoms with Crippen LogP contribution in [0.25, 0.3) is 0 Å². The van der Waals surface area contributed by atoms with E-state index in [1.807, 2.05) is 6.07 Å². The van der Waals surface area contributed by atoms with Crippen LogP contribution in [0.3, 0.4) is 0 Å². The van der Waals surface area contributed by atoms with E-state index in [9.17, 15) is 4.79 Å². The monoisotopic (exact) mass is 285 g/mol. The van der Waals surface area contributed by atoms with Crippen LogP contribution in [0.2, 0.25) is 0 Å². The van der Waals surface area contributed by atoms with Gasteiger partial charge in [0.05, 0.1) is 6.04 Å². The van der Waals surface area contributed by atoms with E-state index >= 15 is 0 Å². The van der Waals surface area contributed by atoms with Crippen molar-refractivity contribution in [2.45, 2.75) is 45.1 Å². The van der Waals surface area contributed by atoms with Gasteiger partial charge in [0.2, 0.25) is 17.7 Å². The predicted octanol–water partition coefficient (Wildman–Crippen LogP) is 2.50. The number of rotatable bonds is 4. The first-order chi connectivity index (χ1) is 10.2. The molecule has 0 fully saturated rings. The number of aromatic nitrogens is 2. The average molecular weight is 285 g/mol. The Morgan fingerprint density at radius 2 is 2.24 bits per heavy atom. The molecule has 1 heterocycles. The molecule has 5 heteroatoms. The maximum absolute atomic E-state index is 12.1. The molecular formula is C16H19N3O2. The number of nitrogens with one attached hydrogen (secondary N) is 1. The third-order valence-electron chi connectivity index (χ3n) is 3.84. The van der Waals surface area contributed by atoms with Gasteiger partial charge in [-0.25, -0.2) is 0 Å². The lowest BCUT2D eigenvalue weighted by molar-refractivity contribution is -0.122. The second-order valence-corrected chi connectivity index (χ2v) is 5.43. The summed E-state index contributed by atoms with van der Waals surface area (Å²) in [5.74, 6) is 1.09. The van der Waals surface area contributed by atoms with E-state index in [4.69, 9.17) is 4.42 Å². The first kappa shape index (κ1) is 13.8. The number of aryl methyl sites for hydroxylation is 3. The Morgan fingerprint density at radius 3 is 3.05 bits per heavy atom. The predicted molar refractivity (Wildman–Crippen MR) is 77.6 cm³/mol. The van der Waals surface area contributed by atoms with Gasteiger partial charge in [0.15, 0.2) is 0 Å². The second-order valence-electron chi connectivity index (χ2n) is 5.43. The van der Waals surface area contributed by atoms with Crippen molar-refractivity contribution in [2.24, 2.45) is 0 Å². The van der Waals surface area contributed by atoms with Gasteiger partial charge in [0.25, 0.3) is 0 Å². The van der Waals surface area contributed by atoms with Crippen molar-refractivity contribution in [1.82, 2.24) is 15.5 Å². The SMILES string of the molecule is Cc1nnc(CCC(=O)N[C@@H]2CCCc3ccccc32)o1. The molecule has 110 valence electrons. The van der Waals surface area contributed by atoms with Crippen LogP contribution < -0.4 is 5.32 Å². The van der Waals surface area contributed by atoms with Crippen molar-refractivity contribution < 1.29 is 9.21 Å². The molecule has 1 atom stereocenters. The van der Waals surface area contributed by atoms with Crippen molar-refractivity contribution >= 4 is 5.91 Å². The molecule has 0 spiro atoms. The highest BCUT2D eigenvalue weighted by Crippen LogP contribution is 2.29. The van der Waals surface area contributed by atoms with E-state index in [1.54, 1.807) is 6.92 Å². The zero-order valence-corrected chi connectivity index (χ0v) is 12.1. The summed E-state index contributed by atoms with van der Waals surface area (Å²) in [6.45, 7) is 1.75. The summed E-state index contributed by atoms with van der Waals surface area (Å²) >= 11 is 0. The highest BCUT2D eigenvalue weighted by Gasteiger charge is 2.21. The first-order valence-electron chi connectivity index (χ1n) is 7.38. The number of hydrogen-bond donors (Lipinski definition) is 1. The van der Waals surface area contributed by atoms with Crippen LogP contribution in [-0.4, -0.2) is 16.1 Å². The zero-order chi connectivity index (χ0) is 14.7. The fourth-order valence-electron chi connectivity index (χ4n) is 2.83. The van der Waals surface area contributed by atoms with E-state index in [0.29, 0.717) is 24.6 Å². The molecule has 1 N–H and O–H groups in total. The topological polar surface area (TPSA) is 68.0 Å². The van der Waals surface area contributed by atoms with Gasteiger partial charge in [0, 0.05) is 19.8 Å². The van der Waals surface area contributed by atoms with E-state index in [2.05, 4.69) is 33.7 Å². The number of carbonyl (C=O) groups is 1. The van der Waals surface area contributed by atoms with Crippen LogP contribution in [-0.2, 0) is 17.6 Å². The average Bonchev–Trinajstić information content (AvgIpc) is 2.91. The van der Waals surface area contributed by atoms with Gasteiger partial charge in [-0.3, -0.25) is 4.79 Å². The smallest absolute Gasteiger partial charge is 0.220 e. The maximum Gasteiger partial charge on any atom is 0.220 e. The molecule has 2 aromatic rings. The summed E-state index contributed by atoms with van der Waals surface area (Å²) in [6.07, 6.45) is 4.08. The van der Waals surface area contributed by atoms with Crippen LogP contribution in [0.1, 0.15) is 48.2 Å². The lowest BCUT2D eigenvalue weighted by Gasteiger charge is -2.26. The van der Waals surface area contributed by atoms with E-state index in [-0.39, 0.29) is 11.9 Å². The minimum Gasteiger partial charge on any atom is -0.426 e. The molecule has 1 aromatic heterocycles. The normalized spacial score (nSPS) is 17.3. The molecule has 1 aliphatic rings. The molecule has 1 aliphatic carbocycles. The molecule has 0 saturated carbocycles. The van der Waals surface area contributed by atoms with Crippen LogP contribution in [0.5, 0.6) is 0 Å². The highest BCUT2D eigenvalue weighted by atomic mass is 16.4. The van der Waals surface area contributed by atoms with Crippen LogP contribution >= 0.6 is 0 Å². The van der Waals surface area contributed by atoms with Crippen molar-refractivity contribution in [1.29, 1.82) is 0 Å². The van der Waals surface area contributed by atoms with Gasteiger partial charge < -0.3 is 9.73 Å². The lowest BCUT2D eigenvalue weighted by atomic mass is 9.87. The molecule has 1 aromatic carbocycles. The molecule has 0 unspecified atom stereocenters. The molecule has 0 saturated heterocycles. The first-order valence-corrected chi connectivity index (χ1v) is 7.38. The van der Waals surface area contributed by atoms with Gasteiger partial charge in [-0.05, 0) is 30.4 Å². The second kappa shape index (κ2) is 6.08. The summed E-state index contributed by atoms with van der Waals surface area (Å²) < 4.78 is 5.28.